The largest absolute Gasteiger partial charge is 0.496 e. The van der Waals surface area contributed by atoms with Crippen molar-refractivity contribution in [3.8, 4) is 5.75 Å². The van der Waals surface area contributed by atoms with E-state index in [0.29, 0.717) is 37.6 Å². The van der Waals surface area contributed by atoms with Crippen molar-refractivity contribution in [2.75, 3.05) is 33.4 Å². The maximum Gasteiger partial charge on any atom is 0.257 e. The zero-order valence-electron chi connectivity index (χ0n) is 10.2. The molecule has 0 spiro atoms. The minimum absolute atomic E-state index is 0.0221. The van der Waals surface area contributed by atoms with E-state index in [4.69, 9.17) is 9.47 Å². The van der Waals surface area contributed by atoms with E-state index in [1.807, 2.05) is 25.1 Å². The number of morpholine rings is 1. The molecule has 17 heavy (non-hydrogen) atoms. The average molecular weight is 235 g/mol. The predicted octanol–water partition coefficient (Wildman–Crippen LogP) is 1.48. The molecule has 92 valence electrons. The summed E-state index contributed by atoms with van der Waals surface area (Å²) in [6.07, 6.45) is 0. The van der Waals surface area contributed by atoms with Gasteiger partial charge in [-0.15, -0.1) is 0 Å². The minimum Gasteiger partial charge on any atom is -0.496 e. The molecule has 4 nitrogen and oxygen atoms in total. The van der Waals surface area contributed by atoms with Crippen molar-refractivity contribution >= 4 is 5.91 Å². The van der Waals surface area contributed by atoms with E-state index >= 15 is 0 Å². The Hall–Kier alpha value is -1.55. The number of hydrogen-bond donors (Lipinski definition) is 0. The van der Waals surface area contributed by atoms with Gasteiger partial charge in [-0.3, -0.25) is 4.79 Å². The lowest BCUT2D eigenvalue weighted by Gasteiger charge is -2.27. The smallest absolute Gasteiger partial charge is 0.257 e. The highest BCUT2D eigenvalue weighted by atomic mass is 16.5. The highest BCUT2D eigenvalue weighted by Gasteiger charge is 2.21. The fourth-order valence-electron chi connectivity index (χ4n) is 1.93. The van der Waals surface area contributed by atoms with Crippen molar-refractivity contribution in [1.29, 1.82) is 0 Å². The Bertz CT molecular complexity index is 411. The molecule has 1 aromatic carbocycles. The number of amides is 1. The molecule has 1 aliphatic heterocycles. The number of aryl methyl sites for hydroxylation is 1. The summed E-state index contributed by atoms with van der Waals surface area (Å²) < 4.78 is 10.5. The van der Waals surface area contributed by atoms with Gasteiger partial charge in [0.15, 0.2) is 0 Å². The van der Waals surface area contributed by atoms with E-state index in [0.717, 1.165) is 5.56 Å². The molecule has 2 rings (SSSR count). The summed E-state index contributed by atoms with van der Waals surface area (Å²) >= 11 is 0. The Labute approximate surface area is 101 Å². The standard InChI is InChI=1S/C13H17NO3/c1-10-3-4-12(16-2)11(9-10)13(15)14-5-7-17-8-6-14/h3-4,9H,5-8H2,1-2H3. The maximum absolute atomic E-state index is 12.3. The van der Waals surface area contributed by atoms with Gasteiger partial charge in [0.25, 0.3) is 5.91 Å². The van der Waals surface area contributed by atoms with Crippen LogP contribution in [0.3, 0.4) is 0 Å². The van der Waals surface area contributed by atoms with Crippen molar-refractivity contribution in [3.63, 3.8) is 0 Å². The molecule has 0 aromatic heterocycles. The van der Waals surface area contributed by atoms with Crippen molar-refractivity contribution in [1.82, 2.24) is 4.90 Å². The number of ether oxygens (including phenoxy) is 2. The van der Waals surface area contributed by atoms with Gasteiger partial charge >= 0.3 is 0 Å². The Kier molecular flexibility index (Phi) is 3.64. The number of benzene rings is 1. The van der Waals surface area contributed by atoms with E-state index in [1.165, 1.54) is 0 Å². The van der Waals surface area contributed by atoms with E-state index < -0.39 is 0 Å². The van der Waals surface area contributed by atoms with Crippen LogP contribution in [0.1, 0.15) is 15.9 Å². The molecule has 1 fully saturated rings. The molecular formula is C13H17NO3. The Balaban J connectivity index is 2.25. The number of rotatable bonds is 2. The molecule has 1 amide bonds. The maximum atomic E-state index is 12.3. The van der Waals surface area contributed by atoms with Gasteiger partial charge in [-0.05, 0) is 19.1 Å². The fraction of sp³-hybridized carbons (Fsp3) is 0.462. The predicted molar refractivity (Wildman–Crippen MR) is 64.5 cm³/mol. The quantitative estimate of drug-likeness (QED) is 0.779. The normalized spacial score (nSPS) is 15.8. The molecule has 4 heteroatoms. The minimum atomic E-state index is 0.0221. The zero-order chi connectivity index (χ0) is 12.3. The highest BCUT2D eigenvalue weighted by molar-refractivity contribution is 5.97. The monoisotopic (exact) mass is 235 g/mol. The number of nitrogens with zero attached hydrogens (tertiary/aromatic N) is 1. The van der Waals surface area contributed by atoms with Crippen molar-refractivity contribution in [2.45, 2.75) is 6.92 Å². The van der Waals surface area contributed by atoms with Crippen LogP contribution >= 0.6 is 0 Å². The zero-order valence-corrected chi connectivity index (χ0v) is 10.2. The lowest BCUT2D eigenvalue weighted by Crippen LogP contribution is -2.40. The van der Waals surface area contributed by atoms with E-state index in [1.54, 1.807) is 12.0 Å². The second-order valence-corrected chi connectivity index (χ2v) is 4.11. The van der Waals surface area contributed by atoms with Crippen molar-refractivity contribution in [3.05, 3.63) is 29.3 Å². The molecule has 0 bridgehead atoms. The molecule has 0 saturated carbocycles. The first kappa shape index (κ1) is 11.9. The van der Waals surface area contributed by atoms with Crippen LogP contribution in [0.2, 0.25) is 0 Å². The lowest BCUT2D eigenvalue weighted by atomic mass is 10.1. The molecule has 0 unspecified atom stereocenters. The third-order valence-electron chi connectivity index (χ3n) is 2.88. The van der Waals surface area contributed by atoms with Crippen LogP contribution in [0.4, 0.5) is 0 Å². The molecule has 1 aliphatic rings. The third-order valence-corrected chi connectivity index (χ3v) is 2.88. The highest BCUT2D eigenvalue weighted by Crippen LogP contribution is 2.21. The summed E-state index contributed by atoms with van der Waals surface area (Å²) in [5, 5.41) is 0. The van der Waals surface area contributed by atoms with E-state index in [9.17, 15) is 4.79 Å². The summed E-state index contributed by atoms with van der Waals surface area (Å²) in [5.74, 6) is 0.654. The van der Waals surface area contributed by atoms with Crippen molar-refractivity contribution < 1.29 is 14.3 Å². The summed E-state index contributed by atoms with van der Waals surface area (Å²) in [5.41, 5.74) is 1.69. The molecule has 0 N–H and O–H groups in total. The molecule has 0 radical (unpaired) electrons. The van der Waals surface area contributed by atoms with Gasteiger partial charge in [0.05, 0.1) is 25.9 Å². The lowest BCUT2D eigenvalue weighted by molar-refractivity contribution is 0.0301. The second-order valence-electron chi connectivity index (χ2n) is 4.11. The van der Waals surface area contributed by atoms with Gasteiger partial charge in [-0.25, -0.2) is 0 Å². The fourth-order valence-corrected chi connectivity index (χ4v) is 1.93. The molecule has 1 saturated heterocycles. The summed E-state index contributed by atoms with van der Waals surface area (Å²) in [4.78, 5) is 14.1. The molecule has 0 aliphatic carbocycles. The first-order chi connectivity index (χ1) is 8.22. The second kappa shape index (κ2) is 5.19. The van der Waals surface area contributed by atoms with Gasteiger partial charge in [0.1, 0.15) is 5.75 Å². The number of carbonyl (C=O) groups is 1. The topological polar surface area (TPSA) is 38.8 Å². The Morgan fingerprint density at radius 2 is 2.06 bits per heavy atom. The number of carbonyl (C=O) groups excluding carboxylic acids is 1. The van der Waals surface area contributed by atoms with Gasteiger partial charge in [-0.2, -0.15) is 0 Å². The Morgan fingerprint density at radius 1 is 1.35 bits per heavy atom. The van der Waals surface area contributed by atoms with Crippen LogP contribution in [0.15, 0.2) is 18.2 Å². The Morgan fingerprint density at radius 3 is 2.71 bits per heavy atom. The third kappa shape index (κ3) is 2.58. The van der Waals surface area contributed by atoms with Gasteiger partial charge < -0.3 is 14.4 Å². The van der Waals surface area contributed by atoms with Crippen LogP contribution in [0, 0.1) is 6.92 Å². The van der Waals surface area contributed by atoms with E-state index in [2.05, 4.69) is 0 Å². The number of methoxy groups -OCH3 is 1. The van der Waals surface area contributed by atoms with Crippen molar-refractivity contribution in [2.24, 2.45) is 0 Å². The molecular weight excluding hydrogens is 218 g/mol. The van der Waals surface area contributed by atoms with Crippen LogP contribution in [-0.4, -0.2) is 44.2 Å². The van der Waals surface area contributed by atoms with Gasteiger partial charge in [0.2, 0.25) is 0 Å². The van der Waals surface area contributed by atoms with Gasteiger partial charge in [-0.1, -0.05) is 11.6 Å². The van der Waals surface area contributed by atoms with E-state index in [-0.39, 0.29) is 5.91 Å². The number of hydrogen-bond acceptors (Lipinski definition) is 3. The molecule has 0 atom stereocenters. The summed E-state index contributed by atoms with van der Waals surface area (Å²) in [6.45, 7) is 4.49. The van der Waals surface area contributed by atoms with Crippen LogP contribution < -0.4 is 4.74 Å². The van der Waals surface area contributed by atoms with Crippen LogP contribution in [0.25, 0.3) is 0 Å². The van der Waals surface area contributed by atoms with Crippen LogP contribution in [0.5, 0.6) is 5.75 Å². The SMILES string of the molecule is COc1ccc(C)cc1C(=O)N1CCOCC1. The first-order valence-corrected chi connectivity index (χ1v) is 5.74. The summed E-state index contributed by atoms with van der Waals surface area (Å²) in [6, 6.07) is 5.65. The molecule has 1 aromatic rings. The van der Waals surface area contributed by atoms with Gasteiger partial charge in [0, 0.05) is 13.1 Å². The summed E-state index contributed by atoms with van der Waals surface area (Å²) in [7, 11) is 1.58. The molecule has 1 heterocycles. The van der Waals surface area contributed by atoms with Crippen LogP contribution in [-0.2, 0) is 4.74 Å². The average Bonchev–Trinajstić information content (AvgIpc) is 2.39. The first-order valence-electron chi connectivity index (χ1n) is 5.74.